The monoisotopic (exact) mass is 711 g/mol. The number of β-lactam (4-membered cyclic amide) rings is 1. The summed E-state index contributed by atoms with van der Waals surface area (Å²) in [5, 5.41) is 26.2. The molecule has 14 heteroatoms. The van der Waals surface area contributed by atoms with Gasteiger partial charge in [-0.15, -0.1) is 0 Å². The number of aliphatic hydroxyl groups excluding tert-OH is 1. The lowest BCUT2D eigenvalue weighted by Crippen LogP contribution is -3.00. The molecular weight excluding hydrogens is 665 g/mol. The first-order chi connectivity index (χ1) is 21.2. The number of halogens is 2. The fraction of sp³-hybridized carbons (Fsp3) is 0.576. The van der Waals surface area contributed by atoms with Crippen molar-refractivity contribution in [2.75, 3.05) is 77.8 Å². The van der Waals surface area contributed by atoms with Gasteiger partial charge in [0.2, 0.25) is 5.91 Å². The van der Waals surface area contributed by atoms with E-state index >= 15 is 0 Å². The van der Waals surface area contributed by atoms with Crippen LogP contribution >= 0.6 is 0 Å². The Morgan fingerprint density at radius 1 is 1.11 bits per heavy atom. The molecule has 2 aromatic carbocycles. The Bertz CT molecular complexity index is 1690. The molecule has 6 rings (SSSR count). The number of carbonyl (C=O) groups is 2. The van der Waals surface area contributed by atoms with E-state index in [1.165, 1.54) is 29.1 Å². The molecule has 0 spiro atoms. The maximum atomic E-state index is 14.2. The second-order valence-electron chi connectivity index (χ2n) is 14.3. The van der Waals surface area contributed by atoms with Gasteiger partial charge in [0.25, 0.3) is 10.0 Å². The zero-order valence-corrected chi connectivity index (χ0v) is 30.1. The second-order valence-corrected chi connectivity index (χ2v) is 16.1. The van der Waals surface area contributed by atoms with Gasteiger partial charge in [0, 0.05) is 24.1 Å². The number of aliphatic hydroxyl groups is 1. The molecule has 1 amide bonds. The van der Waals surface area contributed by atoms with Crippen molar-refractivity contribution >= 4 is 38.4 Å². The molecule has 0 radical (unpaired) electrons. The van der Waals surface area contributed by atoms with Crippen molar-refractivity contribution in [3.05, 3.63) is 47.2 Å². The van der Waals surface area contributed by atoms with E-state index in [1.807, 2.05) is 12.1 Å². The summed E-state index contributed by atoms with van der Waals surface area (Å²) in [6.45, 7) is 10.8. The zero-order chi connectivity index (χ0) is 32.5. The highest BCUT2D eigenvalue weighted by molar-refractivity contribution is 7.93. The third-order valence-electron chi connectivity index (χ3n) is 11.1. The fourth-order valence-electron chi connectivity index (χ4n) is 8.11. The van der Waals surface area contributed by atoms with Gasteiger partial charge < -0.3 is 59.0 Å². The summed E-state index contributed by atoms with van der Waals surface area (Å²) in [5.74, 6) is -3.18. The molecule has 260 valence electrons. The zero-order valence-electron chi connectivity index (χ0n) is 27.8. The van der Waals surface area contributed by atoms with E-state index in [4.69, 9.17) is 0 Å². The summed E-state index contributed by atoms with van der Waals surface area (Å²) in [5.41, 5.74) is 1.53. The number of nitrogens with two attached hydrogens (primary N) is 1. The molecule has 4 heterocycles. The van der Waals surface area contributed by atoms with Crippen molar-refractivity contribution in [2.45, 2.75) is 43.7 Å². The molecule has 4 atom stereocenters. The molecule has 4 aliphatic rings. The van der Waals surface area contributed by atoms with E-state index in [-0.39, 0.29) is 42.0 Å². The van der Waals surface area contributed by atoms with Crippen LogP contribution in [0.25, 0.3) is 10.8 Å². The molecule has 4 aliphatic heterocycles. The number of carbonyl (C=O) groups excluding carboxylic acids is 2. The first-order valence-electron chi connectivity index (χ1n) is 16.2. The van der Waals surface area contributed by atoms with Crippen LogP contribution in [0.2, 0.25) is 0 Å². The number of hydrogen-bond acceptors (Lipinski definition) is 6. The van der Waals surface area contributed by atoms with Crippen molar-refractivity contribution in [1.82, 2.24) is 4.90 Å². The normalized spacial score (nSPS) is 29.7. The van der Waals surface area contributed by atoms with Crippen LogP contribution in [-0.2, 0) is 26.0 Å². The first-order valence-corrected chi connectivity index (χ1v) is 17.6. The van der Waals surface area contributed by atoms with Crippen LogP contribution in [0.15, 0.2) is 46.5 Å². The summed E-state index contributed by atoms with van der Waals surface area (Å²) in [7, 11) is 2.79. The minimum Gasteiger partial charge on any atom is -1.00 e. The molecule has 0 aliphatic carbocycles. The van der Waals surface area contributed by atoms with E-state index in [0.717, 1.165) is 65.6 Å². The SMILES string of the molecule is C[NH2+]CCC[N+]1(C)CC[N+](C)(CCc2cc3c4c(cccc4c2)N(CC2=C(C(=O)[O-])N4C(=O)[C@H]([C@@H](C)O)[C@H]4[C@H]2C)S3(=O)=O)CC1.[Cl-].[Cl-]. The number of anilines is 1. The number of benzene rings is 2. The van der Waals surface area contributed by atoms with Crippen molar-refractivity contribution in [3.8, 4) is 0 Å². The summed E-state index contributed by atoms with van der Waals surface area (Å²) >= 11 is 0. The van der Waals surface area contributed by atoms with Crippen LogP contribution in [0, 0.1) is 11.8 Å². The predicted octanol–water partition coefficient (Wildman–Crippen LogP) is -6.75. The number of sulfonamides is 1. The molecule has 2 aromatic rings. The van der Waals surface area contributed by atoms with E-state index in [1.54, 1.807) is 19.1 Å². The van der Waals surface area contributed by atoms with E-state index < -0.39 is 45.9 Å². The molecule has 3 N–H and O–H groups in total. The van der Waals surface area contributed by atoms with Crippen LogP contribution in [-0.4, -0.2) is 125 Å². The summed E-state index contributed by atoms with van der Waals surface area (Å²) in [6, 6.07) is 8.85. The molecular formula is C33H47Cl2N5O6S. The Balaban J connectivity index is 0.00000250. The number of fused-ring (bicyclic) bond motifs is 1. The van der Waals surface area contributed by atoms with Gasteiger partial charge in [0.15, 0.2) is 0 Å². The molecule has 11 nitrogen and oxygen atoms in total. The lowest BCUT2D eigenvalue weighted by molar-refractivity contribution is -1.02. The Labute approximate surface area is 290 Å². The van der Waals surface area contributed by atoms with Crippen LogP contribution in [0.1, 0.15) is 25.8 Å². The fourth-order valence-corrected chi connectivity index (χ4v) is 9.85. The minimum absolute atomic E-state index is 0. The Hall–Kier alpha value is -2.45. The topological polar surface area (TPSA) is 135 Å². The largest absolute Gasteiger partial charge is 1.00 e. The number of rotatable bonds is 11. The molecule has 0 aromatic heterocycles. The third kappa shape index (κ3) is 6.26. The molecule has 0 saturated carbocycles. The van der Waals surface area contributed by atoms with Gasteiger partial charge in [-0.25, -0.2) is 8.42 Å². The van der Waals surface area contributed by atoms with Gasteiger partial charge in [0.1, 0.15) is 26.2 Å². The van der Waals surface area contributed by atoms with E-state index in [2.05, 4.69) is 32.5 Å². The number of hydrogen-bond donors (Lipinski definition) is 2. The van der Waals surface area contributed by atoms with Crippen molar-refractivity contribution < 1.29 is 67.3 Å². The maximum Gasteiger partial charge on any atom is 0.265 e. The number of piperazine rings is 1. The lowest BCUT2D eigenvalue weighted by Gasteiger charge is -2.47. The third-order valence-corrected chi connectivity index (χ3v) is 12.9. The highest BCUT2D eigenvalue weighted by Crippen LogP contribution is 2.49. The summed E-state index contributed by atoms with van der Waals surface area (Å²) in [4.78, 5) is 26.5. The second kappa shape index (κ2) is 13.5. The Morgan fingerprint density at radius 2 is 1.74 bits per heavy atom. The van der Waals surface area contributed by atoms with E-state index in [0.29, 0.717) is 16.6 Å². The van der Waals surface area contributed by atoms with Gasteiger partial charge in [0.05, 0.1) is 87.6 Å². The van der Waals surface area contributed by atoms with Gasteiger partial charge in [-0.1, -0.05) is 25.1 Å². The molecule has 0 unspecified atom stereocenters. The maximum absolute atomic E-state index is 14.2. The van der Waals surface area contributed by atoms with Gasteiger partial charge >= 0.3 is 0 Å². The molecule has 0 bridgehead atoms. The number of quaternary nitrogens is 3. The minimum atomic E-state index is -4.00. The smallest absolute Gasteiger partial charge is 0.265 e. The van der Waals surface area contributed by atoms with Crippen molar-refractivity contribution in [2.24, 2.45) is 11.8 Å². The van der Waals surface area contributed by atoms with Crippen LogP contribution < -0.4 is 39.5 Å². The van der Waals surface area contributed by atoms with Crippen LogP contribution in [0.5, 0.6) is 0 Å². The Morgan fingerprint density at radius 3 is 2.34 bits per heavy atom. The number of carboxylic acid groups (broad SMARTS) is 1. The Kier molecular flexibility index (Phi) is 10.7. The van der Waals surface area contributed by atoms with Crippen LogP contribution in [0.3, 0.4) is 0 Å². The number of amides is 1. The quantitative estimate of drug-likeness (QED) is 0.135. The summed E-state index contributed by atoms with van der Waals surface area (Å²) in [6.07, 6.45) is 1.02. The average molecular weight is 713 g/mol. The van der Waals surface area contributed by atoms with Gasteiger partial charge in [-0.05, 0) is 35.6 Å². The first kappa shape index (κ1) is 37.4. The molecule has 47 heavy (non-hydrogen) atoms. The average Bonchev–Trinajstić information content (AvgIpc) is 3.35. The number of aliphatic carboxylic acids is 1. The van der Waals surface area contributed by atoms with Crippen molar-refractivity contribution in [1.29, 1.82) is 0 Å². The van der Waals surface area contributed by atoms with Gasteiger partial charge in [-0.3, -0.25) is 9.10 Å². The van der Waals surface area contributed by atoms with Crippen molar-refractivity contribution in [3.63, 3.8) is 0 Å². The molecule has 2 saturated heterocycles. The standard InChI is InChI=1S/C33H46N5O6S.2ClH/c1-21-25(31(33(41)42)36-30(21)28(22(2)39)32(36)40)20-35-26-9-6-8-24-18-23(19-27(29(24)26)45(35,43)44)10-13-38(5)16-14-37(4,15-17-38)12-7-11-34-3;;/h6,8-9,18-19,21-22,28,30,34,39H,7,10-17,20H2,1-5H3;2*1H/q+1;;/p-1/t21-,22+,28+,30+,37?,38?;;/m0../s1. The number of nitrogens with zero attached hydrogens (tertiary/aromatic N) is 4. The number of carboxylic acids is 1. The van der Waals surface area contributed by atoms with Crippen LogP contribution in [0.4, 0.5) is 5.69 Å². The lowest BCUT2D eigenvalue weighted by atomic mass is 9.78. The number of likely N-dealkylation sites (N-methyl/N-ethyl adjacent to an activating group) is 2. The predicted molar refractivity (Wildman–Crippen MR) is 168 cm³/mol. The van der Waals surface area contributed by atoms with E-state index in [9.17, 15) is 28.2 Å². The summed E-state index contributed by atoms with van der Waals surface area (Å²) < 4.78 is 31.7. The molecule has 2 fully saturated rings. The van der Waals surface area contributed by atoms with Gasteiger partial charge in [-0.2, -0.15) is 0 Å². The highest BCUT2D eigenvalue weighted by atomic mass is 35.5. The highest BCUT2D eigenvalue weighted by Gasteiger charge is 2.59.